The van der Waals surface area contributed by atoms with Crippen molar-refractivity contribution in [2.45, 2.75) is 13.5 Å². The molecular weight excluding hydrogens is 325 g/mol. The van der Waals surface area contributed by atoms with Crippen molar-refractivity contribution in [3.63, 3.8) is 0 Å². The van der Waals surface area contributed by atoms with E-state index in [1.807, 2.05) is 0 Å². The summed E-state index contributed by atoms with van der Waals surface area (Å²) in [5.74, 6) is -1.08. The van der Waals surface area contributed by atoms with Crippen LogP contribution in [0.1, 0.15) is 21.5 Å². The van der Waals surface area contributed by atoms with E-state index in [1.54, 1.807) is 37.3 Å². The minimum atomic E-state index is -0.426. The van der Waals surface area contributed by atoms with Gasteiger partial charge in [-0.3, -0.25) is 14.5 Å². The average molecular weight is 341 g/mol. The Morgan fingerprint density at radius 2 is 1.92 bits per heavy atom. The van der Waals surface area contributed by atoms with Gasteiger partial charge >= 0.3 is 6.03 Å². The quantitative estimate of drug-likeness (QED) is 0.839. The second-order valence-electron chi connectivity index (χ2n) is 5.75. The number of urea groups is 1. The summed E-state index contributed by atoms with van der Waals surface area (Å²) in [7, 11) is 0. The third kappa shape index (κ3) is 3.65. The zero-order chi connectivity index (χ0) is 18.0. The van der Waals surface area contributed by atoms with Crippen LogP contribution in [0, 0.1) is 12.7 Å². The molecule has 4 amide bonds. The summed E-state index contributed by atoms with van der Waals surface area (Å²) >= 11 is 0. The minimum Gasteiger partial charge on any atom is -0.329 e. The highest BCUT2D eigenvalue weighted by Gasteiger charge is 2.28. The van der Waals surface area contributed by atoms with Crippen LogP contribution in [0.4, 0.5) is 14.9 Å². The van der Waals surface area contributed by atoms with E-state index < -0.39 is 11.8 Å². The van der Waals surface area contributed by atoms with Gasteiger partial charge in [-0.25, -0.2) is 9.18 Å². The number of rotatable bonds is 4. The predicted molar refractivity (Wildman–Crippen MR) is 89.5 cm³/mol. The molecule has 0 atom stereocenters. The molecule has 0 unspecified atom stereocenters. The van der Waals surface area contributed by atoms with Crippen LogP contribution in [0.2, 0.25) is 0 Å². The van der Waals surface area contributed by atoms with E-state index in [-0.39, 0.29) is 24.9 Å². The minimum absolute atomic E-state index is 0.00626. The number of nitrogens with one attached hydrogen (secondary N) is 2. The topological polar surface area (TPSA) is 78.5 Å². The number of benzene rings is 2. The molecule has 128 valence electrons. The number of hydrogen-bond donors (Lipinski definition) is 2. The van der Waals surface area contributed by atoms with Crippen LogP contribution in [0.3, 0.4) is 0 Å². The lowest BCUT2D eigenvalue weighted by Crippen LogP contribution is -2.30. The lowest BCUT2D eigenvalue weighted by atomic mass is 10.1. The molecule has 1 aliphatic heterocycles. The lowest BCUT2D eigenvalue weighted by Gasteiger charge is -2.13. The fraction of sp³-hybridized carbons (Fsp3) is 0.167. The van der Waals surface area contributed by atoms with Gasteiger partial charge in [-0.1, -0.05) is 18.2 Å². The monoisotopic (exact) mass is 341 g/mol. The summed E-state index contributed by atoms with van der Waals surface area (Å²) in [4.78, 5) is 36.5. The SMILES string of the molecule is Cc1ccc(F)cc1NC(=O)c1ccc(CN2C(=O)CNC2=O)cc1. The largest absolute Gasteiger partial charge is 0.329 e. The standard InChI is InChI=1S/C18H16FN3O3/c1-11-2-7-14(19)8-15(11)21-17(24)13-5-3-12(4-6-13)10-22-16(23)9-20-18(22)25/h2-8H,9-10H2,1H3,(H,20,25)(H,21,24). The molecule has 2 aromatic rings. The molecule has 1 fully saturated rings. The van der Waals surface area contributed by atoms with E-state index in [0.29, 0.717) is 11.3 Å². The number of imide groups is 1. The fourth-order valence-corrected chi connectivity index (χ4v) is 2.48. The van der Waals surface area contributed by atoms with Gasteiger partial charge in [0.15, 0.2) is 0 Å². The number of carbonyl (C=O) groups excluding carboxylic acids is 3. The van der Waals surface area contributed by atoms with Crippen LogP contribution in [0.25, 0.3) is 0 Å². The highest BCUT2D eigenvalue weighted by atomic mass is 19.1. The highest BCUT2D eigenvalue weighted by Crippen LogP contribution is 2.17. The van der Waals surface area contributed by atoms with Crippen molar-refractivity contribution < 1.29 is 18.8 Å². The maximum atomic E-state index is 13.3. The number of anilines is 1. The molecule has 0 aromatic heterocycles. The Morgan fingerprint density at radius 3 is 2.56 bits per heavy atom. The third-order valence-electron chi connectivity index (χ3n) is 3.94. The van der Waals surface area contributed by atoms with Gasteiger partial charge in [0, 0.05) is 11.3 Å². The maximum absolute atomic E-state index is 13.3. The molecule has 2 aromatic carbocycles. The average Bonchev–Trinajstić information content (AvgIpc) is 2.91. The smallest absolute Gasteiger partial charge is 0.324 e. The summed E-state index contributed by atoms with van der Waals surface area (Å²) in [6.45, 7) is 1.93. The molecule has 25 heavy (non-hydrogen) atoms. The second kappa shape index (κ2) is 6.72. The van der Waals surface area contributed by atoms with E-state index >= 15 is 0 Å². The van der Waals surface area contributed by atoms with Crippen LogP contribution in [0.15, 0.2) is 42.5 Å². The van der Waals surface area contributed by atoms with Gasteiger partial charge in [0.2, 0.25) is 5.91 Å². The molecule has 1 aliphatic rings. The zero-order valence-corrected chi connectivity index (χ0v) is 13.5. The van der Waals surface area contributed by atoms with Gasteiger partial charge in [-0.15, -0.1) is 0 Å². The first-order chi connectivity index (χ1) is 11.9. The van der Waals surface area contributed by atoms with E-state index in [1.165, 1.54) is 12.1 Å². The van der Waals surface area contributed by atoms with Crippen molar-refractivity contribution in [2.75, 3.05) is 11.9 Å². The molecule has 7 heteroatoms. The summed E-state index contributed by atoms with van der Waals surface area (Å²) in [5.41, 5.74) is 2.28. The molecule has 0 spiro atoms. The van der Waals surface area contributed by atoms with Crippen LogP contribution in [0.5, 0.6) is 0 Å². The predicted octanol–water partition coefficient (Wildman–Crippen LogP) is 2.44. The van der Waals surface area contributed by atoms with Crippen molar-refractivity contribution in [1.29, 1.82) is 0 Å². The molecule has 0 aliphatic carbocycles. The Bertz CT molecular complexity index is 833. The molecule has 2 N–H and O–H groups in total. The van der Waals surface area contributed by atoms with E-state index in [0.717, 1.165) is 16.0 Å². The Morgan fingerprint density at radius 1 is 1.20 bits per heavy atom. The summed E-state index contributed by atoms with van der Waals surface area (Å²) in [6.07, 6.45) is 0. The first-order valence-electron chi connectivity index (χ1n) is 7.68. The van der Waals surface area contributed by atoms with Crippen molar-refractivity contribution in [3.05, 3.63) is 65.0 Å². The molecule has 1 saturated heterocycles. The van der Waals surface area contributed by atoms with E-state index in [2.05, 4.69) is 10.6 Å². The zero-order valence-electron chi connectivity index (χ0n) is 13.5. The van der Waals surface area contributed by atoms with Gasteiger partial charge in [-0.05, 0) is 42.3 Å². The van der Waals surface area contributed by atoms with Crippen molar-refractivity contribution in [3.8, 4) is 0 Å². The Labute approximate surface area is 143 Å². The van der Waals surface area contributed by atoms with Crippen LogP contribution >= 0.6 is 0 Å². The normalized spacial score (nSPS) is 13.8. The number of carbonyl (C=O) groups is 3. The third-order valence-corrected chi connectivity index (χ3v) is 3.94. The van der Waals surface area contributed by atoms with Gasteiger partial charge in [0.05, 0.1) is 13.1 Å². The molecule has 0 saturated carbocycles. The van der Waals surface area contributed by atoms with Gasteiger partial charge < -0.3 is 10.6 Å². The fourth-order valence-electron chi connectivity index (χ4n) is 2.48. The van der Waals surface area contributed by atoms with Crippen molar-refractivity contribution in [2.24, 2.45) is 0 Å². The molecule has 0 radical (unpaired) electrons. The van der Waals surface area contributed by atoms with Crippen molar-refractivity contribution in [1.82, 2.24) is 10.2 Å². The second-order valence-corrected chi connectivity index (χ2v) is 5.75. The van der Waals surface area contributed by atoms with Crippen LogP contribution in [-0.2, 0) is 11.3 Å². The summed E-state index contributed by atoms with van der Waals surface area (Å²) in [6, 6.07) is 10.3. The van der Waals surface area contributed by atoms with Crippen LogP contribution in [-0.4, -0.2) is 29.3 Å². The number of hydrogen-bond acceptors (Lipinski definition) is 3. The maximum Gasteiger partial charge on any atom is 0.324 e. The number of amides is 4. The molecule has 1 heterocycles. The number of nitrogens with zero attached hydrogens (tertiary/aromatic N) is 1. The van der Waals surface area contributed by atoms with Crippen LogP contribution < -0.4 is 10.6 Å². The van der Waals surface area contributed by atoms with Gasteiger partial charge in [0.1, 0.15) is 5.82 Å². The van der Waals surface area contributed by atoms with E-state index in [9.17, 15) is 18.8 Å². The first-order valence-corrected chi connectivity index (χ1v) is 7.68. The van der Waals surface area contributed by atoms with Gasteiger partial charge in [-0.2, -0.15) is 0 Å². The van der Waals surface area contributed by atoms with Crippen molar-refractivity contribution >= 4 is 23.5 Å². The highest BCUT2D eigenvalue weighted by molar-refractivity contribution is 6.04. The Kier molecular flexibility index (Phi) is 4.47. The molecule has 6 nitrogen and oxygen atoms in total. The number of aryl methyl sites for hydroxylation is 1. The molecule has 0 bridgehead atoms. The lowest BCUT2D eigenvalue weighted by molar-refractivity contribution is -0.125. The Balaban J connectivity index is 1.69. The summed E-state index contributed by atoms with van der Waals surface area (Å²) < 4.78 is 13.3. The first kappa shape index (κ1) is 16.6. The van der Waals surface area contributed by atoms with Gasteiger partial charge in [0.25, 0.3) is 5.91 Å². The number of halogens is 1. The molecular formula is C18H16FN3O3. The molecule has 3 rings (SSSR count). The summed E-state index contributed by atoms with van der Waals surface area (Å²) in [5, 5.41) is 5.12. The van der Waals surface area contributed by atoms with E-state index in [4.69, 9.17) is 0 Å². The Hall–Kier alpha value is -3.22.